The van der Waals surface area contributed by atoms with Gasteiger partial charge in [0.1, 0.15) is 0 Å². The molecule has 2 aromatic rings. The first-order valence-electron chi connectivity index (χ1n) is 5.25. The Bertz CT molecular complexity index is 536. The van der Waals surface area contributed by atoms with Crippen LogP contribution in [-0.2, 0) is 6.54 Å². The van der Waals surface area contributed by atoms with Crippen LogP contribution in [0.5, 0.6) is 0 Å². The fourth-order valence-corrected chi connectivity index (χ4v) is 2.47. The van der Waals surface area contributed by atoms with Gasteiger partial charge in [-0.05, 0) is 18.2 Å². The predicted octanol–water partition coefficient (Wildman–Crippen LogP) is 3.10. The average molecular weight is 329 g/mol. The molecule has 0 unspecified atom stereocenters. The van der Waals surface area contributed by atoms with Crippen molar-refractivity contribution in [1.82, 2.24) is 15.1 Å². The van der Waals surface area contributed by atoms with Crippen LogP contribution in [0.2, 0.25) is 5.02 Å². The first kappa shape index (κ1) is 13.1. The zero-order chi connectivity index (χ0) is 13.1. The SMILES string of the molecule is CN(Cc1cn[nH]c1)C(=O)c1cc(Cl)cc(Br)c1. The lowest BCUT2D eigenvalue weighted by atomic mass is 10.2. The van der Waals surface area contributed by atoms with E-state index >= 15 is 0 Å². The van der Waals surface area contributed by atoms with Crippen LogP contribution in [0.4, 0.5) is 0 Å². The van der Waals surface area contributed by atoms with Gasteiger partial charge in [-0.15, -0.1) is 0 Å². The Morgan fingerprint density at radius 3 is 2.89 bits per heavy atom. The van der Waals surface area contributed by atoms with Gasteiger partial charge in [0.15, 0.2) is 0 Å². The topological polar surface area (TPSA) is 49.0 Å². The summed E-state index contributed by atoms with van der Waals surface area (Å²) in [6.07, 6.45) is 3.45. The maximum atomic E-state index is 12.2. The van der Waals surface area contributed by atoms with E-state index in [1.165, 1.54) is 0 Å². The van der Waals surface area contributed by atoms with Gasteiger partial charge in [0.2, 0.25) is 0 Å². The van der Waals surface area contributed by atoms with E-state index in [-0.39, 0.29) is 5.91 Å². The number of H-pyrrole nitrogens is 1. The van der Waals surface area contributed by atoms with Crippen molar-refractivity contribution < 1.29 is 4.79 Å². The monoisotopic (exact) mass is 327 g/mol. The van der Waals surface area contributed by atoms with Gasteiger partial charge in [0.05, 0.1) is 6.20 Å². The van der Waals surface area contributed by atoms with E-state index in [2.05, 4.69) is 26.1 Å². The number of hydrogen-bond acceptors (Lipinski definition) is 2. The normalized spacial score (nSPS) is 10.4. The molecule has 0 bridgehead atoms. The smallest absolute Gasteiger partial charge is 0.253 e. The summed E-state index contributed by atoms with van der Waals surface area (Å²) in [5, 5.41) is 7.09. The molecule has 94 valence electrons. The van der Waals surface area contributed by atoms with E-state index in [1.54, 1.807) is 42.5 Å². The minimum Gasteiger partial charge on any atom is -0.337 e. The number of carbonyl (C=O) groups is 1. The Hall–Kier alpha value is -1.33. The standard InChI is InChI=1S/C12H11BrClN3O/c1-17(7-8-5-15-16-6-8)12(18)9-2-10(13)4-11(14)3-9/h2-6H,7H2,1H3,(H,15,16). The summed E-state index contributed by atoms with van der Waals surface area (Å²) in [7, 11) is 1.74. The summed E-state index contributed by atoms with van der Waals surface area (Å²) >= 11 is 9.25. The molecule has 0 aliphatic carbocycles. The van der Waals surface area contributed by atoms with Gasteiger partial charge in [0, 0.05) is 40.4 Å². The second-order valence-electron chi connectivity index (χ2n) is 3.93. The number of carbonyl (C=O) groups excluding carboxylic acids is 1. The number of halogens is 2. The number of nitrogens with zero attached hydrogens (tertiary/aromatic N) is 2. The van der Waals surface area contributed by atoms with Crippen LogP contribution in [0.15, 0.2) is 35.1 Å². The van der Waals surface area contributed by atoms with E-state index in [9.17, 15) is 4.79 Å². The van der Waals surface area contributed by atoms with Gasteiger partial charge < -0.3 is 4.90 Å². The number of hydrogen-bond donors (Lipinski definition) is 1. The van der Waals surface area contributed by atoms with Crippen molar-refractivity contribution in [2.45, 2.75) is 6.54 Å². The molecule has 0 saturated carbocycles. The lowest BCUT2D eigenvalue weighted by Crippen LogP contribution is -2.26. The van der Waals surface area contributed by atoms with E-state index < -0.39 is 0 Å². The van der Waals surface area contributed by atoms with Crippen molar-refractivity contribution in [1.29, 1.82) is 0 Å². The third kappa shape index (κ3) is 3.11. The second kappa shape index (κ2) is 5.54. The highest BCUT2D eigenvalue weighted by atomic mass is 79.9. The van der Waals surface area contributed by atoms with Crippen LogP contribution in [0.3, 0.4) is 0 Å². The molecule has 1 heterocycles. The van der Waals surface area contributed by atoms with Gasteiger partial charge >= 0.3 is 0 Å². The summed E-state index contributed by atoms with van der Waals surface area (Å²) in [5.41, 5.74) is 1.51. The third-order valence-corrected chi connectivity index (χ3v) is 3.11. The average Bonchev–Trinajstić information content (AvgIpc) is 2.79. The van der Waals surface area contributed by atoms with Crippen LogP contribution in [-0.4, -0.2) is 28.1 Å². The molecule has 0 radical (unpaired) electrons. The van der Waals surface area contributed by atoms with E-state index in [0.29, 0.717) is 17.1 Å². The zero-order valence-electron chi connectivity index (χ0n) is 9.65. The molecule has 1 amide bonds. The number of aromatic amines is 1. The fraction of sp³-hybridized carbons (Fsp3) is 0.167. The van der Waals surface area contributed by atoms with Crippen LogP contribution in [0.25, 0.3) is 0 Å². The quantitative estimate of drug-likeness (QED) is 0.941. The number of benzene rings is 1. The van der Waals surface area contributed by atoms with Crippen LogP contribution < -0.4 is 0 Å². The molecule has 4 nitrogen and oxygen atoms in total. The highest BCUT2D eigenvalue weighted by molar-refractivity contribution is 9.10. The van der Waals surface area contributed by atoms with Gasteiger partial charge in [-0.25, -0.2) is 0 Å². The molecule has 0 saturated heterocycles. The van der Waals surface area contributed by atoms with Gasteiger partial charge in [-0.1, -0.05) is 27.5 Å². The van der Waals surface area contributed by atoms with Gasteiger partial charge in [0.25, 0.3) is 5.91 Å². The van der Waals surface area contributed by atoms with Crippen molar-refractivity contribution >= 4 is 33.4 Å². The van der Waals surface area contributed by atoms with Crippen molar-refractivity contribution in [2.75, 3.05) is 7.05 Å². The van der Waals surface area contributed by atoms with E-state index in [1.807, 2.05) is 0 Å². The first-order valence-corrected chi connectivity index (χ1v) is 6.42. The summed E-state index contributed by atoms with van der Waals surface area (Å²) in [4.78, 5) is 13.8. The Labute approximate surface area is 118 Å². The van der Waals surface area contributed by atoms with Crippen LogP contribution in [0.1, 0.15) is 15.9 Å². The molecular formula is C12H11BrClN3O. The Balaban J connectivity index is 2.15. The van der Waals surface area contributed by atoms with Crippen molar-refractivity contribution in [3.05, 3.63) is 51.2 Å². The summed E-state index contributed by atoms with van der Waals surface area (Å²) in [6, 6.07) is 5.15. The molecule has 0 atom stereocenters. The molecular weight excluding hydrogens is 318 g/mol. The van der Waals surface area contributed by atoms with Crippen LogP contribution >= 0.6 is 27.5 Å². The van der Waals surface area contributed by atoms with Crippen molar-refractivity contribution in [3.8, 4) is 0 Å². The van der Waals surface area contributed by atoms with Crippen molar-refractivity contribution in [2.24, 2.45) is 0 Å². The number of aromatic nitrogens is 2. The lowest BCUT2D eigenvalue weighted by Gasteiger charge is -2.16. The lowest BCUT2D eigenvalue weighted by molar-refractivity contribution is 0.0785. The molecule has 1 aromatic heterocycles. The summed E-state index contributed by atoms with van der Waals surface area (Å²) in [6.45, 7) is 0.499. The molecule has 0 aliphatic heterocycles. The first-order chi connectivity index (χ1) is 8.56. The second-order valence-corrected chi connectivity index (χ2v) is 5.28. The molecule has 0 spiro atoms. The maximum absolute atomic E-state index is 12.2. The van der Waals surface area contributed by atoms with Crippen molar-refractivity contribution in [3.63, 3.8) is 0 Å². The Kier molecular flexibility index (Phi) is 4.04. The minimum absolute atomic E-state index is 0.0839. The molecule has 6 heteroatoms. The molecule has 1 N–H and O–H groups in total. The molecule has 0 aliphatic rings. The Morgan fingerprint density at radius 1 is 1.50 bits per heavy atom. The molecule has 0 fully saturated rings. The Morgan fingerprint density at radius 2 is 2.28 bits per heavy atom. The molecule has 18 heavy (non-hydrogen) atoms. The summed E-state index contributed by atoms with van der Waals surface area (Å²) in [5.74, 6) is -0.0839. The molecule has 1 aromatic carbocycles. The number of amides is 1. The highest BCUT2D eigenvalue weighted by Gasteiger charge is 2.13. The molecule has 2 rings (SSSR count). The third-order valence-electron chi connectivity index (χ3n) is 2.43. The van der Waals surface area contributed by atoms with Crippen LogP contribution in [0, 0.1) is 0 Å². The highest BCUT2D eigenvalue weighted by Crippen LogP contribution is 2.20. The minimum atomic E-state index is -0.0839. The summed E-state index contributed by atoms with van der Waals surface area (Å²) < 4.78 is 0.787. The van der Waals surface area contributed by atoms with Gasteiger partial charge in [-0.3, -0.25) is 9.89 Å². The number of rotatable bonds is 3. The zero-order valence-corrected chi connectivity index (χ0v) is 12.0. The predicted molar refractivity (Wildman–Crippen MR) is 73.5 cm³/mol. The van der Waals surface area contributed by atoms with Gasteiger partial charge in [-0.2, -0.15) is 5.10 Å². The fourth-order valence-electron chi connectivity index (χ4n) is 1.61. The number of nitrogens with one attached hydrogen (secondary N) is 1. The maximum Gasteiger partial charge on any atom is 0.253 e. The van der Waals surface area contributed by atoms with E-state index in [4.69, 9.17) is 11.6 Å². The van der Waals surface area contributed by atoms with E-state index in [0.717, 1.165) is 10.0 Å². The largest absolute Gasteiger partial charge is 0.337 e.